The molecule has 0 spiro atoms. The van der Waals surface area contributed by atoms with Crippen molar-refractivity contribution in [3.8, 4) is 5.75 Å². The zero-order valence-electron chi connectivity index (χ0n) is 14.8. The van der Waals surface area contributed by atoms with Crippen molar-refractivity contribution in [2.45, 2.75) is 5.16 Å². The van der Waals surface area contributed by atoms with Crippen molar-refractivity contribution in [2.75, 3.05) is 11.6 Å². The van der Waals surface area contributed by atoms with E-state index in [1.807, 2.05) is 40.4 Å². The normalized spacial score (nSPS) is 10.8. The van der Waals surface area contributed by atoms with E-state index in [0.29, 0.717) is 27.7 Å². The third-order valence-corrected chi connectivity index (χ3v) is 5.33. The van der Waals surface area contributed by atoms with Gasteiger partial charge in [-0.1, -0.05) is 17.8 Å². The first-order valence-electron chi connectivity index (χ1n) is 8.32. The van der Waals surface area contributed by atoms with Crippen molar-refractivity contribution in [2.24, 2.45) is 0 Å². The number of hydrogen-bond donors (Lipinski definition) is 1. The molecule has 4 aromatic rings. The summed E-state index contributed by atoms with van der Waals surface area (Å²) < 4.78 is 7.32. The van der Waals surface area contributed by atoms with Crippen LogP contribution in [0, 0.1) is 0 Å². The molecule has 6 nitrogen and oxygen atoms in total. The molecule has 140 valence electrons. The number of anilines is 1. The van der Waals surface area contributed by atoms with Gasteiger partial charge in [0.2, 0.25) is 0 Å². The molecule has 0 atom stereocenters. The van der Waals surface area contributed by atoms with Gasteiger partial charge in [-0.2, -0.15) is 11.3 Å². The monoisotopic (exact) mass is 409 g/mol. The Bertz CT molecular complexity index is 1140. The standard InChI is InChI=1S/C20H15N3O3S2/c1-27-20-22-17(16-4-2-3-10-23(16)20)19(25)26-15-7-5-14(6-8-15)21-18(24)13-9-11-28-12-13/h2-12H,1H3,(H,21,24). The van der Waals surface area contributed by atoms with Gasteiger partial charge < -0.3 is 10.1 Å². The van der Waals surface area contributed by atoms with E-state index >= 15 is 0 Å². The molecule has 1 aromatic carbocycles. The molecule has 0 unspecified atom stereocenters. The molecule has 8 heteroatoms. The SMILES string of the molecule is CSc1nc(C(=O)Oc2ccc(NC(=O)c3ccsc3)cc2)c2ccccn12. The van der Waals surface area contributed by atoms with Crippen LogP contribution in [0.4, 0.5) is 5.69 Å². The van der Waals surface area contributed by atoms with Crippen molar-refractivity contribution < 1.29 is 14.3 Å². The summed E-state index contributed by atoms with van der Waals surface area (Å²) in [6, 6.07) is 14.0. The van der Waals surface area contributed by atoms with E-state index < -0.39 is 5.97 Å². The Morgan fingerprint density at radius 2 is 1.96 bits per heavy atom. The van der Waals surface area contributed by atoms with E-state index in [2.05, 4.69) is 10.3 Å². The highest BCUT2D eigenvalue weighted by Crippen LogP contribution is 2.22. The average Bonchev–Trinajstić information content (AvgIpc) is 3.37. The predicted molar refractivity (Wildman–Crippen MR) is 111 cm³/mol. The highest BCUT2D eigenvalue weighted by molar-refractivity contribution is 7.98. The van der Waals surface area contributed by atoms with Crippen molar-refractivity contribution in [1.29, 1.82) is 0 Å². The summed E-state index contributed by atoms with van der Waals surface area (Å²) >= 11 is 2.92. The van der Waals surface area contributed by atoms with Gasteiger partial charge in [0.1, 0.15) is 5.75 Å². The molecule has 0 fully saturated rings. The molecule has 3 heterocycles. The largest absolute Gasteiger partial charge is 0.422 e. The Kier molecular flexibility index (Phi) is 5.14. The Morgan fingerprint density at radius 1 is 1.14 bits per heavy atom. The van der Waals surface area contributed by atoms with Gasteiger partial charge in [-0.05, 0) is 54.1 Å². The number of ether oxygens (including phenoxy) is 1. The van der Waals surface area contributed by atoms with Crippen molar-refractivity contribution in [3.63, 3.8) is 0 Å². The predicted octanol–water partition coefficient (Wildman–Crippen LogP) is 4.59. The molecule has 0 saturated carbocycles. The van der Waals surface area contributed by atoms with Gasteiger partial charge in [-0.25, -0.2) is 9.78 Å². The Balaban J connectivity index is 1.49. The van der Waals surface area contributed by atoms with Crippen molar-refractivity contribution >= 4 is 46.2 Å². The lowest BCUT2D eigenvalue weighted by Gasteiger charge is -2.06. The third kappa shape index (κ3) is 3.64. The Hall–Kier alpha value is -3.10. The van der Waals surface area contributed by atoms with Gasteiger partial charge in [0.25, 0.3) is 5.91 Å². The summed E-state index contributed by atoms with van der Waals surface area (Å²) in [5, 5.41) is 7.15. The highest BCUT2D eigenvalue weighted by atomic mass is 32.2. The number of thioether (sulfide) groups is 1. The number of amides is 1. The van der Waals surface area contributed by atoms with Crippen LogP contribution in [0.25, 0.3) is 5.52 Å². The quantitative estimate of drug-likeness (QED) is 0.297. The van der Waals surface area contributed by atoms with Gasteiger partial charge in [-0.15, -0.1) is 0 Å². The number of carbonyl (C=O) groups is 2. The second kappa shape index (κ2) is 7.87. The van der Waals surface area contributed by atoms with Crippen molar-refractivity contribution in [3.05, 3.63) is 76.7 Å². The minimum atomic E-state index is -0.529. The number of nitrogens with one attached hydrogen (secondary N) is 1. The van der Waals surface area contributed by atoms with Gasteiger partial charge in [-0.3, -0.25) is 9.20 Å². The zero-order valence-corrected chi connectivity index (χ0v) is 16.4. The summed E-state index contributed by atoms with van der Waals surface area (Å²) in [6.45, 7) is 0. The number of aromatic nitrogens is 2. The molecule has 28 heavy (non-hydrogen) atoms. The first kappa shape index (κ1) is 18.3. The number of esters is 1. The summed E-state index contributed by atoms with van der Waals surface area (Å²) in [4.78, 5) is 29.1. The van der Waals surface area contributed by atoms with Crippen LogP contribution in [0.1, 0.15) is 20.8 Å². The fourth-order valence-corrected chi connectivity index (χ4v) is 3.84. The van der Waals surface area contributed by atoms with Crippen LogP contribution in [0.15, 0.2) is 70.6 Å². The molecule has 1 N–H and O–H groups in total. The topological polar surface area (TPSA) is 72.7 Å². The number of carbonyl (C=O) groups excluding carboxylic acids is 2. The zero-order chi connectivity index (χ0) is 19.5. The minimum absolute atomic E-state index is 0.180. The van der Waals surface area contributed by atoms with Crippen LogP contribution < -0.4 is 10.1 Å². The van der Waals surface area contributed by atoms with E-state index in [0.717, 1.165) is 0 Å². The molecule has 0 saturated heterocycles. The van der Waals surface area contributed by atoms with E-state index in [1.165, 1.54) is 23.1 Å². The molecule has 0 bridgehead atoms. The molecular formula is C20H15N3O3S2. The number of benzene rings is 1. The van der Waals surface area contributed by atoms with Gasteiger partial charge in [0.05, 0.1) is 11.1 Å². The molecule has 4 rings (SSSR count). The molecule has 0 aliphatic carbocycles. The molecule has 0 radical (unpaired) electrons. The van der Waals surface area contributed by atoms with E-state index in [-0.39, 0.29) is 11.6 Å². The lowest BCUT2D eigenvalue weighted by atomic mass is 10.2. The summed E-state index contributed by atoms with van der Waals surface area (Å²) in [5.74, 6) is -0.333. The third-order valence-electron chi connectivity index (χ3n) is 4.00. The Labute approximate surface area is 169 Å². The van der Waals surface area contributed by atoms with Crippen LogP contribution >= 0.6 is 23.1 Å². The summed E-state index contributed by atoms with van der Waals surface area (Å²) in [6.07, 6.45) is 3.76. The highest BCUT2D eigenvalue weighted by Gasteiger charge is 2.19. The van der Waals surface area contributed by atoms with Crippen molar-refractivity contribution in [1.82, 2.24) is 9.38 Å². The van der Waals surface area contributed by atoms with E-state index in [9.17, 15) is 9.59 Å². The van der Waals surface area contributed by atoms with Crippen LogP contribution in [-0.2, 0) is 0 Å². The van der Waals surface area contributed by atoms with Crippen LogP contribution in [0.2, 0.25) is 0 Å². The number of hydrogen-bond acceptors (Lipinski definition) is 6. The number of rotatable bonds is 5. The molecular weight excluding hydrogens is 394 g/mol. The molecule has 3 aromatic heterocycles. The summed E-state index contributed by atoms with van der Waals surface area (Å²) in [7, 11) is 0. The first-order chi connectivity index (χ1) is 13.7. The maximum atomic E-state index is 12.6. The second-order valence-electron chi connectivity index (χ2n) is 5.78. The van der Waals surface area contributed by atoms with E-state index in [1.54, 1.807) is 35.7 Å². The van der Waals surface area contributed by atoms with Crippen LogP contribution in [-0.4, -0.2) is 27.5 Å². The van der Waals surface area contributed by atoms with Crippen LogP contribution in [0.3, 0.4) is 0 Å². The fraction of sp³-hybridized carbons (Fsp3) is 0.0500. The lowest BCUT2D eigenvalue weighted by molar-refractivity contribution is 0.0730. The second-order valence-corrected chi connectivity index (χ2v) is 7.34. The fourth-order valence-electron chi connectivity index (χ4n) is 2.66. The molecule has 1 amide bonds. The maximum Gasteiger partial charge on any atom is 0.364 e. The van der Waals surface area contributed by atoms with Crippen LogP contribution in [0.5, 0.6) is 5.75 Å². The lowest BCUT2D eigenvalue weighted by Crippen LogP contribution is -2.11. The average molecular weight is 409 g/mol. The first-order valence-corrected chi connectivity index (χ1v) is 10.5. The van der Waals surface area contributed by atoms with E-state index in [4.69, 9.17) is 4.74 Å². The number of nitrogens with zero attached hydrogens (tertiary/aromatic N) is 2. The number of pyridine rings is 1. The van der Waals surface area contributed by atoms with Gasteiger partial charge in [0.15, 0.2) is 10.9 Å². The molecule has 0 aliphatic heterocycles. The molecule has 0 aliphatic rings. The number of fused-ring (bicyclic) bond motifs is 1. The number of imidazole rings is 1. The summed E-state index contributed by atoms with van der Waals surface area (Å²) in [5.41, 5.74) is 2.18. The number of thiophene rings is 1. The van der Waals surface area contributed by atoms with Gasteiger partial charge in [0, 0.05) is 17.3 Å². The van der Waals surface area contributed by atoms with Gasteiger partial charge >= 0.3 is 5.97 Å². The minimum Gasteiger partial charge on any atom is -0.422 e. The Morgan fingerprint density at radius 3 is 2.68 bits per heavy atom. The maximum absolute atomic E-state index is 12.6. The smallest absolute Gasteiger partial charge is 0.364 e.